The van der Waals surface area contributed by atoms with E-state index in [1.807, 2.05) is 42.6 Å². The molecule has 21 heavy (non-hydrogen) atoms. The number of carboxylic acids is 1. The number of rotatable bonds is 4. The lowest BCUT2D eigenvalue weighted by Crippen LogP contribution is -2.07. The van der Waals surface area contributed by atoms with Gasteiger partial charge in [0.1, 0.15) is 5.69 Å². The first-order valence-electron chi connectivity index (χ1n) is 6.28. The van der Waals surface area contributed by atoms with Crippen LogP contribution >= 0.6 is 11.3 Å². The molecule has 0 radical (unpaired) electrons. The fourth-order valence-corrected chi connectivity index (χ4v) is 2.84. The second-order valence-electron chi connectivity index (χ2n) is 4.50. The van der Waals surface area contributed by atoms with Crippen molar-refractivity contribution in [1.29, 1.82) is 0 Å². The maximum absolute atomic E-state index is 11.3. The van der Waals surface area contributed by atoms with Crippen molar-refractivity contribution in [2.24, 2.45) is 0 Å². The van der Waals surface area contributed by atoms with Gasteiger partial charge >= 0.3 is 5.97 Å². The van der Waals surface area contributed by atoms with Crippen LogP contribution < -0.4 is 0 Å². The van der Waals surface area contributed by atoms with Gasteiger partial charge in [-0.2, -0.15) is 0 Å². The summed E-state index contributed by atoms with van der Waals surface area (Å²) in [5.74, 6) is -1.08. The molecular weight excluding hydrogens is 288 g/mol. The minimum absolute atomic E-state index is 0.0369. The lowest BCUT2D eigenvalue weighted by molar-refractivity contribution is 0.0691. The smallest absolute Gasteiger partial charge is 0.358 e. The van der Waals surface area contributed by atoms with Gasteiger partial charge in [0.25, 0.3) is 0 Å². The van der Waals surface area contributed by atoms with Crippen LogP contribution in [0.1, 0.15) is 21.9 Å². The highest BCUT2D eigenvalue weighted by Crippen LogP contribution is 2.27. The minimum atomic E-state index is -1.08. The Hall–Kier alpha value is -2.54. The number of aromatic nitrogens is 4. The van der Waals surface area contributed by atoms with Gasteiger partial charge in [0.15, 0.2) is 5.69 Å². The van der Waals surface area contributed by atoms with Crippen LogP contribution in [0.3, 0.4) is 0 Å². The zero-order chi connectivity index (χ0) is 14.8. The Morgan fingerprint density at radius 3 is 2.86 bits per heavy atom. The van der Waals surface area contributed by atoms with Crippen molar-refractivity contribution in [2.75, 3.05) is 0 Å². The number of thiophene rings is 1. The summed E-state index contributed by atoms with van der Waals surface area (Å²) in [4.78, 5) is 16.5. The summed E-state index contributed by atoms with van der Waals surface area (Å²) < 4.78 is 1.58. The molecule has 0 aliphatic carbocycles. The molecule has 3 aromatic heterocycles. The Bertz CT molecular complexity index is 780. The molecule has 0 bridgehead atoms. The summed E-state index contributed by atoms with van der Waals surface area (Å²) in [7, 11) is 0. The molecule has 6 nitrogen and oxygen atoms in total. The molecule has 0 aliphatic rings. The standard InChI is InChI=1S/C14H12N4O2S/c1-9-4-2-5-10(15-9)8-18-13(11-6-3-7-21-11)12(14(19)20)16-17-18/h2-7H,8H2,1H3,(H,19,20). The number of hydrogen-bond donors (Lipinski definition) is 1. The van der Waals surface area contributed by atoms with Gasteiger partial charge in [-0.3, -0.25) is 4.98 Å². The Balaban J connectivity index is 2.05. The molecule has 0 fully saturated rings. The van der Waals surface area contributed by atoms with Crippen LogP contribution in [-0.2, 0) is 6.54 Å². The maximum Gasteiger partial charge on any atom is 0.358 e. The minimum Gasteiger partial charge on any atom is -0.476 e. The highest BCUT2D eigenvalue weighted by Gasteiger charge is 2.21. The summed E-state index contributed by atoms with van der Waals surface area (Å²) >= 11 is 1.46. The second-order valence-corrected chi connectivity index (χ2v) is 5.44. The van der Waals surface area contributed by atoms with E-state index in [9.17, 15) is 9.90 Å². The summed E-state index contributed by atoms with van der Waals surface area (Å²) in [6.45, 7) is 2.29. The molecule has 3 aromatic rings. The highest BCUT2D eigenvalue weighted by atomic mass is 32.1. The highest BCUT2D eigenvalue weighted by molar-refractivity contribution is 7.13. The monoisotopic (exact) mass is 300 g/mol. The Morgan fingerprint density at radius 1 is 1.33 bits per heavy atom. The summed E-state index contributed by atoms with van der Waals surface area (Å²) in [6.07, 6.45) is 0. The Labute approximate surface area is 124 Å². The second kappa shape index (κ2) is 5.45. The van der Waals surface area contributed by atoms with E-state index in [1.54, 1.807) is 4.68 Å². The van der Waals surface area contributed by atoms with E-state index < -0.39 is 5.97 Å². The van der Waals surface area contributed by atoms with Crippen molar-refractivity contribution >= 4 is 17.3 Å². The van der Waals surface area contributed by atoms with E-state index in [0.29, 0.717) is 12.2 Å². The third-order valence-electron chi connectivity index (χ3n) is 2.95. The Morgan fingerprint density at radius 2 is 2.19 bits per heavy atom. The Kier molecular flexibility index (Phi) is 3.49. The molecule has 3 heterocycles. The van der Waals surface area contributed by atoms with Crippen LogP contribution in [0.15, 0.2) is 35.7 Å². The van der Waals surface area contributed by atoms with Crippen LogP contribution in [0.5, 0.6) is 0 Å². The van der Waals surface area contributed by atoms with Gasteiger partial charge in [-0.15, -0.1) is 16.4 Å². The van der Waals surface area contributed by atoms with E-state index in [2.05, 4.69) is 15.3 Å². The zero-order valence-electron chi connectivity index (χ0n) is 11.2. The van der Waals surface area contributed by atoms with Crippen molar-refractivity contribution in [1.82, 2.24) is 20.0 Å². The van der Waals surface area contributed by atoms with E-state index in [-0.39, 0.29) is 5.69 Å². The van der Waals surface area contributed by atoms with Crippen LogP contribution in [0.2, 0.25) is 0 Å². The molecule has 0 aromatic carbocycles. The molecule has 7 heteroatoms. The third kappa shape index (κ3) is 2.68. The first-order chi connectivity index (χ1) is 10.1. The average molecular weight is 300 g/mol. The molecule has 0 spiro atoms. The molecule has 106 valence electrons. The summed E-state index contributed by atoms with van der Waals surface area (Å²) in [5, 5.41) is 18.9. The van der Waals surface area contributed by atoms with Crippen molar-refractivity contribution in [3.63, 3.8) is 0 Å². The van der Waals surface area contributed by atoms with Gasteiger partial charge in [0, 0.05) is 5.69 Å². The van der Waals surface area contributed by atoms with Gasteiger partial charge < -0.3 is 5.11 Å². The van der Waals surface area contributed by atoms with Crippen molar-refractivity contribution < 1.29 is 9.90 Å². The predicted molar refractivity (Wildman–Crippen MR) is 78.4 cm³/mol. The van der Waals surface area contributed by atoms with E-state index in [1.165, 1.54) is 11.3 Å². The van der Waals surface area contributed by atoms with Crippen LogP contribution in [0, 0.1) is 6.92 Å². The van der Waals surface area contributed by atoms with Crippen molar-refractivity contribution in [3.05, 3.63) is 52.8 Å². The molecule has 0 amide bonds. The number of hydrogen-bond acceptors (Lipinski definition) is 5. The van der Waals surface area contributed by atoms with Crippen LogP contribution in [0.25, 0.3) is 10.6 Å². The lowest BCUT2D eigenvalue weighted by Gasteiger charge is -2.05. The lowest BCUT2D eigenvalue weighted by atomic mass is 10.2. The molecular formula is C14H12N4O2S. The molecule has 0 saturated heterocycles. The fourth-order valence-electron chi connectivity index (χ4n) is 2.07. The van der Waals surface area contributed by atoms with Crippen molar-refractivity contribution in [2.45, 2.75) is 13.5 Å². The molecule has 0 saturated carbocycles. The number of carboxylic acid groups (broad SMARTS) is 1. The number of carbonyl (C=O) groups is 1. The van der Waals surface area contributed by atoms with Crippen LogP contribution in [0.4, 0.5) is 0 Å². The summed E-state index contributed by atoms with van der Waals surface area (Å²) in [5.41, 5.74) is 2.20. The third-order valence-corrected chi connectivity index (χ3v) is 3.83. The SMILES string of the molecule is Cc1cccc(Cn2nnc(C(=O)O)c2-c2cccs2)n1. The molecule has 3 rings (SSSR count). The van der Waals surface area contributed by atoms with Gasteiger partial charge in [-0.25, -0.2) is 9.48 Å². The summed E-state index contributed by atoms with van der Waals surface area (Å²) in [6, 6.07) is 9.43. The van der Waals surface area contributed by atoms with Gasteiger partial charge in [0.2, 0.25) is 0 Å². The predicted octanol–water partition coefficient (Wildman–Crippen LogP) is 2.46. The molecule has 0 atom stereocenters. The van der Waals surface area contributed by atoms with Gasteiger partial charge in [-0.1, -0.05) is 17.3 Å². The van der Waals surface area contributed by atoms with E-state index in [4.69, 9.17) is 0 Å². The largest absolute Gasteiger partial charge is 0.476 e. The molecule has 0 aliphatic heterocycles. The fraction of sp³-hybridized carbons (Fsp3) is 0.143. The number of nitrogens with zero attached hydrogens (tertiary/aromatic N) is 4. The number of aryl methyl sites for hydroxylation is 1. The molecule has 1 N–H and O–H groups in total. The molecule has 0 unspecified atom stereocenters. The quantitative estimate of drug-likeness (QED) is 0.800. The van der Waals surface area contributed by atoms with E-state index in [0.717, 1.165) is 16.3 Å². The van der Waals surface area contributed by atoms with E-state index >= 15 is 0 Å². The topological polar surface area (TPSA) is 80.9 Å². The maximum atomic E-state index is 11.3. The van der Waals surface area contributed by atoms with Crippen molar-refractivity contribution in [3.8, 4) is 10.6 Å². The van der Waals surface area contributed by atoms with Gasteiger partial charge in [0.05, 0.1) is 17.1 Å². The number of aromatic carboxylic acids is 1. The normalized spacial score (nSPS) is 10.7. The van der Waals surface area contributed by atoms with Gasteiger partial charge in [-0.05, 0) is 30.5 Å². The zero-order valence-corrected chi connectivity index (χ0v) is 12.0. The van der Waals surface area contributed by atoms with Crippen LogP contribution in [-0.4, -0.2) is 31.1 Å². The number of pyridine rings is 1. The first kappa shape index (κ1) is 13.4. The first-order valence-corrected chi connectivity index (χ1v) is 7.16. The average Bonchev–Trinajstić information content (AvgIpc) is 3.06.